The number of nitrogens with zero attached hydrogens (tertiary/aromatic N) is 4. The van der Waals surface area contributed by atoms with E-state index in [1.807, 2.05) is 12.1 Å². The quantitative estimate of drug-likeness (QED) is 0.246. The molecule has 2 aromatic carbocycles. The lowest BCUT2D eigenvalue weighted by atomic mass is 9.82. The molecule has 1 aliphatic rings. The van der Waals surface area contributed by atoms with E-state index < -0.39 is 9.84 Å². The molecule has 2 N–H and O–H groups in total. The number of hydrogen-bond acceptors (Lipinski definition) is 10. The number of sulfone groups is 1. The zero-order chi connectivity index (χ0) is 29.7. The minimum atomic E-state index is -3.35. The van der Waals surface area contributed by atoms with Gasteiger partial charge in [-0.05, 0) is 54.5 Å². The maximum absolute atomic E-state index is 12.6. The third-order valence-electron chi connectivity index (χ3n) is 7.20. The monoisotopic (exact) mass is 624 g/mol. The maximum atomic E-state index is 12.6. The van der Waals surface area contributed by atoms with E-state index in [0.29, 0.717) is 15.8 Å². The van der Waals surface area contributed by atoms with Gasteiger partial charge in [0, 0.05) is 18.1 Å². The maximum Gasteiger partial charge on any atom is 0.230 e. The second kappa shape index (κ2) is 13.2. The van der Waals surface area contributed by atoms with Crippen LogP contribution < -0.4 is 10.6 Å². The van der Waals surface area contributed by atoms with Gasteiger partial charge in [0.15, 0.2) is 9.84 Å². The number of nitrogens with one attached hydrogen (secondary N) is 2. The molecule has 2 atom stereocenters. The van der Waals surface area contributed by atoms with Crippen molar-refractivity contribution >= 4 is 54.6 Å². The normalized spacial score (nSPS) is 17.1. The first-order valence-corrected chi connectivity index (χ1v) is 17.3. The van der Waals surface area contributed by atoms with Crippen LogP contribution in [0.5, 0.6) is 0 Å². The van der Waals surface area contributed by atoms with Crippen LogP contribution in [-0.2, 0) is 38.7 Å². The van der Waals surface area contributed by atoms with Crippen molar-refractivity contribution in [1.82, 2.24) is 20.4 Å². The van der Waals surface area contributed by atoms with Crippen molar-refractivity contribution in [3.05, 3.63) is 75.2 Å². The van der Waals surface area contributed by atoms with Gasteiger partial charge in [0.1, 0.15) is 10.0 Å². The number of anilines is 2. The third kappa shape index (κ3) is 7.84. The van der Waals surface area contributed by atoms with Crippen LogP contribution in [0, 0.1) is 0 Å². The molecule has 1 fully saturated rings. The van der Waals surface area contributed by atoms with Crippen molar-refractivity contribution in [2.75, 3.05) is 16.9 Å². The molecule has 0 unspecified atom stereocenters. The van der Waals surface area contributed by atoms with Gasteiger partial charge in [-0.15, -0.1) is 20.4 Å². The van der Waals surface area contributed by atoms with Crippen LogP contribution in [0.1, 0.15) is 71.1 Å². The molecule has 220 valence electrons. The second-order valence-electron chi connectivity index (χ2n) is 10.5. The highest BCUT2D eigenvalue weighted by atomic mass is 32.2. The van der Waals surface area contributed by atoms with Gasteiger partial charge in [0.2, 0.25) is 22.1 Å². The standard InChI is InChI=1S/C29H32N6O4S3/c1-3-18-7-4-8-19(13-18)15-24(36)30-28-34-32-26(40-28)21-10-6-11-22(17-21)27-33-35-29(41-27)31-25(37)16-20-9-5-12-23(14-20)42(2,38)39/h4-5,7-9,12-14,21-22H,3,6,10-11,15-17H2,1-2H3,(H,30,34,36)(H,31,35,37)/t21-,22-/m0/s1. The van der Waals surface area contributed by atoms with Crippen LogP contribution in [0.4, 0.5) is 10.3 Å². The summed E-state index contributed by atoms with van der Waals surface area (Å²) < 4.78 is 23.6. The molecule has 5 rings (SSSR count). The highest BCUT2D eigenvalue weighted by molar-refractivity contribution is 7.90. The fourth-order valence-corrected chi connectivity index (χ4v) is 7.59. The van der Waals surface area contributed by atoms with Crippen LogP contribution in [-0.4, -0.2) is 46.9 Å². The van der Waals surface area contributed by atoms with E-state index in [0.717, 1.165) is 53.9 Å². The van der Waals surface area contributed by atoms with Crippen LogP contribution in [0.15, 0.2) is 53.4 Å². The van der Waals surface area contributed by atoms with Gasteiger partial charge in [-0.1, -0.05) is 72.4 Å². The van der Waals surface area contributed by atoms with E-state index in [4.69, 9.17) is 0 Å². The molecule has 0 saturated heterocycles. The summed E-state index contributed by atoms with van der Waals surface area (Å²) in [5, 5.41) is 25.5. The molecule has 1 saturated carbocycles. The molecule has 0 radical (unpaired) electrons. The Morgan fingerprint density at radius 3 is 1.88 bits per heavy atom. The molecule has 2 heterocycles. The van der Waals surface area contributed by atoms with Crippen LogP contribution >= 0.6 is 22.7 Å². The molecular weight excluding hydrogens is 593 g/mol. The Bertz CT molecular complexity index is 1680. The fourth-order valence-electron chi connectivity index (χ4n) is 5.08. The van der Waals surface area contributed by atoms with E-state index in [2.05, 4.69) is 50.1 Å². The average molecular weight is 625 g/mol. The smallest absolute Gasteiger partial charge is 0.230 e. The van der Waals surface area contributed by atoms with Crippen LogP contribution in [0.3, 0.4) is 0 Å². The van der Waals surface area contributed by atoms with Gasteiger partial charge < -0.3 is 10.6 Å². The lowest BCUT2D eigenvalue weighted by Gasteiger charge is -2.25. The molecule has 13 heteroatoms. The number of rotatable bonds is 10. The summed E-state index contributed by atoms with van der Waals surface area (Å²) in [6.45, 7) is 2.09. The molecule has 4 aromatic rings. The Morgan fingerprint density at radius 1 is 0.810 bits per heavy atom. The first-order valence-electron chi connectivity index (χ1n) is 13.8. The molecule has 2 amide bonds. The Hall–Kier alpha value is -3.55. The Balaban J connectivity index is 1.15. The van der Waals surface area contributed by atoms with Crippen molar-refractivity contribution < 1.29 is 18.0 Å². The zero-order valence-corrected chi connectivity index (χ0v) is 25.8. The van der Waals surface area contributed by atoms with Crippen molar-refractivity contribution in [3.8, 4) is 0 Å². The van der Waals surface area contributed by atoms with Gasteiger partial charge >= 0.3 is 0 Å². The van der Waals surface area contributed by atoms with Gasteiger partial charge in [-0.25, -0.2) is 8.42 Å². The third-order valence-corrected chi connectivity index (χ3v) is 10.3. The highest BCUT2D eigenvalue weighted by Crippen LogP contribution is 2.43. The first-order chi connectivity index (χ1) is 20.2. The number of hydrogen-bond donors (Lipinski definition) is 2. The van der Waals surface area contributed by atoms with E-state index >= 15 is 0 Å². The number of benzene rings is 2. The molecule has 0 aliphatic heterocycles. The topological polar surface area (TPSA) is 144 Å². The minimum absolute atomic E-state index is 0.0326. The SMILES string of the molecule is CCc1cccc(CC(=O)Nc2nnc([C@H]3CCC[C@H](c4nnc(NC(=O)Cc5cccc(S(C)(=O)=O)c5)s4)C3)s2)c1. The summed E-state index contributed by atoms with van der Waals surface area (Å²) in [4.78, 5) is 25.4. The van der Waals surface area contributed by atoms with Crippen LogP contribution in [0.25, 0.3) is 0 Å². The van der Waals surface area contributed by atoms with E-state index in [-0.39, 0.29) is 41.4 Å². The molecule has 42 heavy (non-hydrogen) atoms. The average Bonchev–Trinajstić information content (AvgIpc) is 3.63. The first kappa shape index (κ1) is 29.9. The summed E-state index contributed by atoms with van der Waals surface area (Å²) in [7, 11) is -3.35. The number of carbonyl (C=O) groups is 2. The van der Waals surface area contributed by atoms with E-state index in [1.165, 1.54) is 40.4 Å². The zero-order valence-electron chi connectivity index (χ0n) is 23.4. The molecular formula is C29H32N6O4S3. The predicted octanol–water partition coefficient (Wildman–Crippen LogP) is 5.16. The number of aryl methyl sites for hydroxylation is 1. The predicted molar refractivity (Wildman–Crippen MR) is 164 cm³/mol. The number of carbonyl (C=O) groups excluding carboxylic acids is 2. The highest BCUT2D eigenvalue weighted by Gasteiger charge is 2.29. The minimum Gasteiger partial charge on any atom is -0.300 e. The van der Waals surface area contributed by atoms with Crippen molar-refractivity contribution in [2.45, 2.75) is 68.6 Å². The molecule has 0 bridgehead atoms. The Kier molecular flexibility index (Phi) is 9.39. The number of amides is 2. The molecule has 10 nitrogen and oxygen atoms in total. The van der Waals surface area contributed by atoms with Crippen molar-refractivity contribution in [3.63, 3.8) is 0 Å². The molecule has 2 aromatic heterocycles. The van der Waals surface area contributed by atoms with Gasteiger partial charge in [-0.3, -0.25) is 9.59 Å². The summed E-state index contributed by atoms with van der Waals surface area (Å²) in [6.07, 6.45) is 6.18. The summed E-state index contributed by atoms with van der Waals surface area (Å²) in [6, 6.07) is 14.4. The second-order valence-corrected chi connectivity index (χ2v) is 14.5. The Labute approximate surface area is 252 Å². The molecule has 1 aliphatic carbocycles. The van der Waals surface area contributed by atoms with E-state index in [9.17, 15) is 18.0 Å². The number of aromatic nitrogens is 4. The van der Waals surface area contributed by atoms with Gasteiger partial charge in [0.25, 0.3) is 0 Å². The lowest BCUT2D eigenvalue weighted by Crippen LogP contribution is -2.14. The fraction of sp³-hybridized carbons (Fsp3) is 0.379. The van der Waals surface area contributed by atoms with Gasteiger partial charge in [-0.2, -0.15) is 0 Å². The Morgan fingerprint density at radius 2 is 1.33 bits per heavy atom. The summed E-state index contributed by atoms with van der Waals surface area (Å²) in [5.74, 6) is -0.00582. The summed E-state index contributed by atoms with van der Waals surface area (Å²) in [5.41, 5.74) is 2.78. The van der Waals surface area contributed by atoms with Gasteiger partial charge in [0.05, 0.1) is 17.7 Å². The van der Waals surface area contributed by atoms with Crippen LogP contribution in [0.2, 0.25) is 0 Å². The summed E-state index contributed by atoms with van der Waals surface area (Å²) >= 11 is 2.78. The van der Waals surface area contributed by atoms with Crippen molar-refractivity contribution in [2.24, 2.45) is 0 Å². The van der Waals surface area contributed by atoms with E-state index in [1.54, 1.807) is 12.1 Å². The largest absolute Gasteiger partial charge is 0.300 e. The molecule has 0 spiro atoms. The van der Waals surface area contributed by atoms with Crippen molar-refractivity contribution in [1.29, 1.82) is 0 Å². The lowest BCUT2D eigenvalue weighted by molar-refractivity contribution is -0.116.